The Kier molecular flexibility index (Phi) is 5.71. The van der Waals surface area contributed by atoms with Crippen LogP contribution in [0.1, 0.15) is 15.9 Å². The van der Waals surface area contributed by atoms with Gasteiger partial charge in [0.05, 0.1) is 23.7 Å². The zero-order valence-electron chi connectivity index (χ0n) is 12.9. The van der Waals surface area contributed by atoms with Gasteiger partial charge in [0.1, 0.15) is 5.02 Å². The molecule has 0 aliphatic carbocycles. The Hall–Kier alpha value is -3.37. The summed E-state index contributed by atoms with van der Waals surface area (Å²) in [5.74, 6) is -0.380. The van der Waals surface area contributed by atoms with E-state index in [-0.39, 0.29) is 27.8 Å². The van der Waals surface area contributed by atoms with E-state index in [1.807, 2.05) is 6.07 Å². The number of hydrogen-bond donors (Lipinski definition) is 0. The van der Waals surface area contributed by atoms with Gasteiger partial charge in [-0.2, -0.15) is 5.26 Å². The van der Waals surface area contributed by atoms with E-state index in [2.05, 4.69) is 0 Å². The third-order valence-corrected chi connectivity index (χ3v) is 3.44. The highest BCUT2D eigenvalue weighted by molar-refractivity contribution is 6.32. The van der Waals surface area contributed by atoms with E-state index in [4.69, 9.17) is 26.3 Å². The molecule has 2 aromatic rings. The van der Waals surface area contributed by atoms with Crippen LogP contribution in [0.15, 0.2) is 42.5 Å². The first-order chi connectivity index (χ1) is 12.0. The van der Waals surface area contributed by atoms with Crippen LogP contribution in [0.4, 0.5) is 5.69 Å². The lowest BCUT2D eigenvalue weighted by molar-refractivity contribution is -0.384. The molecule has 0 amide bonds. The zero-order valence-corrected chi connectivity index (χ0v) is 13.7. The number of allylic oxidation sites excluding steroid dienone is 1. The number of carbonyl (C=O) groups is 1. The highest BCUT2D eigenvalue weighted by Crippen LogP contribution is 2.30. The monoisotopic (exact) mass is 358 g/mol. The van der Waals surface area contributed by atoms with Crippen LogP contribution < -0.4 is 9.47 Å². The van der Waals surface area contributed by atoms with Gasteiger partial charge in [0.2, 0.25) is 0 Å². The summed E-state index contributed by atoms with van der Waals surface area (Å²) in [5.41, 5.74) is 0.270. The van der Waals surface area contributed by atoms with E-state index < -0.39 is 10.9 Å². The number of nitriles is 1. The number of nitro groups is 1. The molecule has 8 heteroatoms. The van der Waals surface area contributed by atoms with Crippen LogP contribution in [0.3, 0.4) is 0 Å². The first-order valence-corrected chi connectivity index (χ1v) is 7.24. The quantitative estimate of drug-likeness (QED) is 0.263. The van der Waals surface area contributed by atoms with Gasteiger partial charge in [0.25, 0.3) is 5.69 Å². The van der Waals surface area contributed by atoms with Gasteiger partial charge < -0.3 is 9.47 Å². The molecule has 0 fully saturated rings. The second kappa shape index (κ2) is 7.95. The average molecular weight is 359 g/mol. The number of halogens is 1. The fraction of sp³-hybridized carbons (Fsp3) is 0.0588. The largest absolute Gasteiger partial charge is 0.493 e. The van der Waals surface area contributed by atoms with Crippen molar-refractivity contribution in [3.8, 4) is 17.6 Å². The van der Waals surface area contributed by atoms with Crippen LogP contribution in [0.25, 0.3) is 6.08 Å². The van der Waals surface area contributed by atoms with Crippen LogP contribution in [0.2, 0.25) is 5.02 Å². The van der Waals surface area contributed by atoms with Crippen molar-refractivity contribution < 1.29 is 19.2 Å². The van der Waals surface area contributed by atoms with Crippen LogP contribution in [-0.2, 0) is 0 Å². The average Bonchev–Trinajstić information content (AvgIpc) is 2.60. The van der Waals surface area contributed by atoms with Crippen LogP contribution in [0.5, 0.6) is 11.5 Å². The Balaban J connectivity index is 2.29. The molecule has 0 heterocycles. The normalized spacial score (nSPS) is 10.3. The molecule has 0 bridgehead atoms. The Morgan fingerprint density at radius 3 is 2.68 bits per heavy atom. The maximum atomic E-state index is 12.2. The number of hydrogen-bond acceptors (Lipinski definition) is 6. The van der Waals surface area contributed by atoms with Crippen molar-refractivity contribution in [3.63, 3.8) is 0 Å². The molecule has 0 radical (unpaired) electrons. The summed E-state index contributed by atoms with van der Waals surface area (Å²) >= 11 is 5.72. The maximum absolute atomic E-state index is 12.2. The van der Waals surface area contributed by atoms with Crippen molar-refractivity contribution in [2.75, 3.05) is 7.11 Å². The zero-order chi connectivity index (χ0) is 18.4. The fourth-order valence-corrected chi connectivity index (χ4v) is 2.13. The highest BCUT2D eigenvalue weighted by atomic mass is 35.5. The Morgan fingerprint density at radius 1 is 1.28 bits per heavy atom. The molecule has 7 nitrogen and oxygen atoms in total. The number of ether oxygens (including phenoxy) is 2. The van der Waals surface area contributed by atoms with Gasteiger partial charge in [-0.25, -0.2) is 4.79 Å². The standard InChI is InChI=1S/C17H11ClN2O5/c1-24-16-9-11(3-2-8-19)4-7-15(16)25-17(21)12-5-6-13(18)14(10-12)20(22)23/h2-7,9-10H,1H3/b3-2-. The number of methoxy groups -OCH3 is 1. The van der Waals surface area contributed by atoms with Crippen LogP contribution >= 0.6 is 11.6 Å². The van der Waals surface area contributed by atoms with Crippen molar-refractivity contribution in [1.29, 1.82) is 5.26 Å². The molecule has 2 rings (SSSR count). The first kappa shape index (κ1) is 18.0. The molecular formula is C17H11ClN2O5. The minimum absolute atomic E-state index is 0.0217. The SMILES string of the molecule is COc1cc(/C=C\C#N)ccc1OC(=O)c1ccc(Cl)c([N+](=O)[O-])c1. The number of carbonyl (C=O) groups excluding carboxylic acids is 1. The van der Waals surface area contributed by atoms with Gasteiger partial charge in [-0.05, 0) is 35.9 Å². The summed E-state index contributed by atoms with van der Waals surface area (Å²) in [6.07, 6.45) is 2.87. The molecule has 126 valence electrons. The fourth-order valence-electron chi connectivity index (χ4n) is 1.94. The second-order valence-electron chi connectivity index (χ2n) is 4.69. The lowest BCUT2D eigenvalue weighted by Crippen LogP contribution is -2.09. The third-order valence-electron chi connectivity index (χ3n) is 3.12. The molecule has 0 unspecified atom stereocenters. The van der Waals surface area contributed by atoms with Gasteiger partial charge in [0, 0.05) is 12.1 Å². The van der Waals surface area contributed by atoms with E-state index in [0.29, 0.717) is 5.56 Å². The number of esters is 1. The highest BCUT2D eigenvalue weighted by Gasteiger charge is 2.18. The van der Waals surface area contributed by atoms with E-state index in [9.17, 15) is 14.9 Å². The predicted octanol–water partition coefficient (Wildman–Crippen LogP) is 4.01. The van der Waals surface area contributed by atoms with Gasteiger partial charge >= 0.3 is 5.97 Å². The maximum Gasteiger partial charge on any atom is 0.343 e. The molecule has 0 saturated heterocycles. The van der Waals surface area contributed by atoms with Crippen molar-refractivity contribution in [2.24, 2.45) is 0 Å². The smallest absolute Gasteiger partial charge is 0.343 e. The van der Waals surface area contributed by atoms with Gasteiger partial charge in [-0.3, -0.25) is 10.1 Å². The summed E-state index contributed by atoms with van der Waals surface area (Å²) in [5, 5.41) is 19.4. The summed E-state index contributed by atoms with van der Waals surface area (Å²) in [6.45, 7) is 0. The van der Waals surface area contributed by atoms with E-state index in [1.54, 1.807) is 18.2 Å². The molecule has 0 aromatic heterocycles. The predicted molar refractivity (Wildman–Crippen MR) is 90.7 cm³/mol. The minimum Gasteiger partial charge on any atom is -0.493 e. The number of nitro benzene ring substituents is 1. The summed E-state index contributed by atoms with van der Waals surface area (Å²) in [6, 6.07) is 10.2. The van der Waals surface area contributed by atoms with E-state index in [0.717, 1.165) is 6.07 Å². The Labute approximate surface area is 147 Å². The number of nitrogens with zero attached hydrogens (tertiary/aromatic N) is 2. The minimum atomic E-state index is -0.793. The molecule has 0 aliphatic rings. The molecule has 0 aliphatic heterocycles. The van der Waals surface area contributed by atoms with Gasteiger partial charge in [0.15, 0.2) is 11.5 Å². The lowest BCUT2D eigenvalue weighted by Gasteiger charge is -2.10. The van der Waals surface area contributed by atoms with Crippen molar-refractivity contribution in [1.82, 2.24) is 0 Å². The van der Waals surface area contributed by atoms with Gasteiger partial charge in [-0.15, -0.1) is 0 Å². The van der Waals surface area contributed by atoms with E-state index in [1.165, 1.54) is 31.4 Å². The van der Waals surface area contributed by atoms with Crippen LogP contribution in [-0.4, -0.2) is 18.0 Å². The Morgan fingerprint density at radius 2 is 2.04 bits per heavy atom. The van der Waals surface area contributed by atoms with Crippen molar-refractivity contribution in [3.05, 3.63) is 68.7 Å². The molecule has 0 atom stereocenters. The van der Waals surface area contributed by atoms with Crippen LogP contribution in [0, 0.1) is 21.4 Å². The third kappa shape index (κ3) is 4.34. The molecule has 0 saturated carbocycles. The topological polar surface area (TPSA) is 102 Å². The molecule has 0 spiro atoms. The number of benzene rings is 2. The Bertz CT molecular complexity index is 902. The second-order valence-corrected chi connectivity index (χ2v) is 5.09. The van der Waals surface area contributed by atoms with E-state index >= 15 is 0 Å². The summed E-state index contributed by atoms with van der Waals surface area (Å²) < 4.78 is 10.4. The summed E-state index contributed by atoms with van der Waals surface area (Å²) in [4.78, 5) is 22.4. The molecular weight excluding hydrogens is 348 g/mol. The van der Waals surface area contributed by atoms with Gasteiger partial charge in [-0.1, -0.05) is 17.7 Å². The first-order valence-electron chi connectivity index (χ1n) is 6.86. The number of rotatable bonds is 5. The molecule has 25 heavy (non-hydrogen) atoms. The lowest BCUT2D eigenvalue weighted by atomic mass is 10.2. The molecule has 2 aromatic carbocycles. The van der Waals surface area contributed by atoms with Crippen molar-refractivity contribution >= 4 is 29.3 Å². The summed E-state index contributed by atoms with van der Waals surface area (Å²) in [7, 11) is 1.40. The van der Waals surface area contributed by atoms with Crippen molar-refractivity contribution in [2.45, 2.75) is 0 Å². The molecule has 0 N–H and O–H groups in total.